The first-order chi connectivity index (χ1) is 10.0. The van der Waals surface area contributed by atoms with Crippen molar-refractivity contribution in [2.24, 2.45) is 0 Å². The first-order valence-corrected chi connectivity index (χ1v) is 6.76. The van der Waals surface area contributed by atoms with Gasteiger partial charge in [0.25, 0.3) is 0 Å². The van der Waals surface area contributed by atoms with Crippen LogP contribution in [0, 0.1) is 5.82 Å². The number of hydrogen-bond donors (Lipinski definition) is 1. The molecular formula is C16H20FN3O. The zero-order chi connectivity index (χ0) is 15.4. The van der Waals surface area contributed by atoms with E-state index in [1.54, 1.807) is 25.4 Å². The van der Waals surface area contributed by atoms with Gasteiger partial charge in [-0.15, -0.1) is 0 Å². The van der Waals surface area contributed by atoms with E-state index < -0.39 is 0 Å². The second kappa shape index (κ2) is 6.43. The van der Waals surface area contributed by atoms with Crippen molar-refractivity contribution in [2.75, 3.05) is 31.4 Å². The van der Waals surface area contributed by atoms with Gasteiger partial charge in [0.05, 0.1) is 24.4 Å². The highest BCUT2D eigenvalue weighted by molar-refractivity contribution is 5.65. The van der Waals surface area contributed by atoms with Gasteiger partial charge in [0.2, 0.25) is 0 Å². The molecule has 21 heavy (non-hydrogen) atoms. The van der Waals surface area contributed by atoms with Crippen LogP contribution in [0.15, 0.2) is 36.5 Å². The summed E-state index contributed by atoms with van der Waals surface area (Å²) in [5.41, 5.74) is 1.36. The highest BCUT2D eigenvalue weighted by Gasteiger charge is 2.18. The van der Waals surface area contributed by atoms with E-state index in [-0.39, 0.29) is 11.9 Å². The number of ether oxygens (including phenoxy) is 1. The number of nitrogens with one attached hydrogen (secondary N) is 1. The van der Waals surface area contributed by atoms with Gasteiger partial charge in [0.1, 0.15) is 11.6 Å². The van der Waals surface area contributed by atoms with E-state index >= 15 is 0 Å². The van der Waals surface area contributed by atoms with Crippen molar-refractivity contribution < 1.29 is 9.13 Å². The molecule has 112 valence electrons. The number of aromatic nitrogens is 1. The minimum absolute atomic E-state index is 0.246. The molecule has 0 fully saturated rings. The van der Waals surface area contributed by atoms with E-state index in [0.717, 1.165) is 11.5 Å². The van der Waals surface area contributed by atoms with Crippen molar-refractivity contribution in [3.63, 3.8) is 0 Å². The minimum atomic E-state index is -0.287. The van der Waals surface area contributed by atoms with E-state index in [4.69, 9.17) is 4.74 Å². The fraction of sp³-hybridized carbons (Fsp3) is 0.312. The Kier molecular flexibility index (Phi) is 4.62. The predicted molar refractivity (Wildman–Crippen MR) is 83.6 cm³/mol. The van der Waals surface area contributed by atoms with Crippen LogP contribution in [0.5, 0.6) is 5.75 Å². The molecule has 0 saturated heterocycles. The molecule has 5 heteroatoms. The number of anilines is 2. The van der Waals surface area contributed by atoms with Crippen LogP contribution >= 0.6 is 0 Å². The topological polar surface area (TPSA) is 37.4 Å². The van der Waals surface area contributed by atoms with E-state index in [1.165, 1.54) is 6.07 Å². The van der Waals surface area contributed by atoms with Gasteiger partial charge >= 0.3 is 0 Å². The Morgan fingerprint density at radius 3 is 2.67 bits per heavy atom. The molecule has 0 aliphatic heterocycles. The Morgan fingerprint density at radius 2 is 2.00 bits per heavy atom. The molecule has 2 aromatic rings. The summed E-state index contributed by atoms with van der Waals surface area (Å²) in [6.45, 7) is 1.90. The lowest BCUT2D eigenvalue weighted by atomic mass is 10.1. The maximum absolute atomic E-state index is 14.1. The number of hydrogen-bond acceptors (Lipinski definition) is 4. The minimum Gasteiger partial charge on any atom is -0.496 e. The fourth-order valence-electron chi connectivity index (χ4n) is 2.29. The van der Waals surface area contributed by atoms with Crippen LogP contribution in [0.3, 0.4) is 0 Å². The lowest BCUT2D eigenvalue weighted by molar-refractivity contribution is 0.402. The largest absolute Gasteiger partial charge is 0.496 e. The fourth-order valence-corrected chi connectivity index (χ4v) is 2.29. The van der Waals surface area contributed by atoms with E-state index in [1.807, 2.05) is 38.1 Å². The monoisotopic (exact) mass is 289 g/mol. The van der Waals surface area contributed by atoms with Gasteiger partial charge in [-0.25, -0.2) is 9.37 Å². The number of methoxy groups -OCH3 is 1. The summed E-state index contributed by atoms with van der Waals surface area (Å²) in [6, 6.07) is 8.36. The van der Waals surface area contributed by atoms with E-state index in [9.17, 15) is 4.39 Å². The molecular weight excluding hydrogens is 269 g/mol. The van der Waals surface area contributed by atoms with Gasteiger partial charge in [-0.3, -0.25) is 0 Å². The highest BCUT2D eigenvalue weighted by Crippen LogP contribution is 2.32. The summed E-state index contributed by atoms with van der Waals surface area (Å²) < 4.78 is 19.4. The first-order valence-electron chi connectivity index (χ1n) is 6.76. The number of pyridine rings is 1. The number of benzene rings is 1. The number of rotatable bonds is 5. The molecule has 1 unspecified atom stereocenters. The third-order valence-corrected chi connectivity index (χ3v) is 3.25. The normalized spacial score (nSPS) is 11.9. The van der Waals surface area contributed by atoms with Crippen LogP contribution in [-0.4, -0.2) is 26.2 Å². The van der Waals surface area contributed by atoms with Crippen LogP contribution in [0.25, 0.3) is 0 Å². The van der Waals surface area contributed by atoms with Gasteiger partial charge in [-0.2, -0.15) is 0 Å². The quantitative estimate of drug-likeness (QED) is 0.914. The molecule has 1 aromatic carbocycles. The van der Waals surface area contributed by atoms with Crippen molar-refractivity contribution >= 4 is 11.5 Å². The predicted octanol–water partition coefficient (Wildman–Crippen LogP) is 3.47. The highest BCUT2D eigenvalue weighted by atomic mass is 19.1. The molecule has 1 aromatic heterocycles. The van der Waals surface area contributed by atoms with Gasteiger partial charge < -0.3 is 15.0 Å². The molecule has 0 bridgehead atoms. The molecule has 0 spiro atoms. The van der Waals surface area contributed by atoms with Crippen LogP contribution in [0.1, 0.15) is 18.5 Å². The molecule has 0 aliphatic carbocycles. The Hall–Kier alpha value is -2.30. The lowest BCUT2D eigenvalue weighted by Gasteiger charge is -2.22. The van der Waals surface area contributed by atoms with E-state index in [0.29, 0.717) is 11.3 Å². The van der Waals surface area contributed by atoms with E-state index in [2.05, 4.69) is 10.3 Å². The molecule has 4 nitrogen and oxygen atoms in total. The molecule has 0 saturated carbocycles. The van der Waals surface area contributed by atoms with Gasteiger partial charge in [0.15, 0.2) is 5.82 Å². The summed E-state index contributed by atoms with van der Waals surface area (Å²) in [4.78, 5) is 6.24. The number of halogens is 1. The smallest absolute Gasteiger partial charge is 0.151 e. The zero-order valence-corrected chi connectivity index (χ0v) is 12.7. The molecule has 0 amide bonds. The first kappa shape index (κ1) is 15.1. The van der Waals surface area contributed by atoms with Gasteiger partial charge in [-0.1, -0.05) is 6.07 Å². The Morgan fingerprint density at radius 1 is 1.24 bits per heavy atom. The molecule has 0 radical (unpaired) electrons. The average Bonchev–Trinajstić information content (AvgIpc) is 2.47. The van der Waals surface area contributed by atoms with Crippen LogP contribution in [-0.2, 0) is 0 Å². The second-order valence-electron chi connectivity index (χ2n) is 4.99. The average molecular weight is 289 g/mol. The zero-order valence-electron chi connectivity index (χ0n) is 12.7. The Labute approximate surface area is 124 Å². The van der Waals surface area contributed by atoms with Crippen molar-refractivity contribution in [3.8, 4) is 5.75 Å². The van der Waals surface area contributed by atoms with Crippen molar-refractivity contribution in [1.82, 2.24) is 4.98 Å². The summed E-state index contributed by atoms with van der Waals surface area (Å²) >= 11 is 0. The maximum atomic E-state index is 14.1. The summed E-state index contributed by atoms with van der Waals surface area (Å²) in [6.07, 6.45) is 1.73. The standard InChI is InChI=1S/C16H20FN3O/c1-11(15-12(17)7-5-9-14(15)21-4)19-13-8-6-10-18-16(13)20(2)3/h5-11,19H,1-4H3. The van der Waals surface area contributed by atoms with Crippen LogP contribution < -0.4 is 15.0 Å². The van der Waals surface area contributed by atoms with Gasteiger partial charge in [0, 0.05) is 20.3 Å². The third kappa shape index (κ3) is 3.24. The molecule has 1 atom stereocenters. The molecule has 1 heterocycles. The maximum Gasteiger partial charge on any atom is 0.151 e. The van der Waals surface area contributed by atoms with Crippen molar-refractivity contribution in [1.29, 1.82) is 0 Å². The summed E-state index contributed by atoms with van der Waals surface area (Å²) in [5, 5.41) is 3.30. The van der Waals surface area contributed by atoms with Crippen LogP contribution in [0.4, 0.5) is 15.9 Å². The SMILES string of the molecule is COc1cccc(F)c1C(C)Nc1cccnc1N(C)C. The third-order valence-electron chi connectivity index (χ3n) is 3.25. The molecule has 1 N–H and O–H groups in total. The van der Waals surface area contributed by atoms with Crippen molar-refractivity contribution in [3.05, 3.63) is 47.9 Å². The van der Waals surface area contributed by atoms with Gasteiger partial charge in [-0.05, 0) is 31.2 Å². The second-order valence-corrected chi connectivity index (χ2v) is 4.99. The molecule has 0 aliphatic rings. The lowest BCUT2D eigenvalue weighted by Crippen LogP contribution is -2.16. The summed E-state index contributed by atoms with van der Waals surface area (Å²) in [7, 11) is 5.38. The Balaban J connectivity index is 2.33. The van der Waals surface area contributed by atoms with Crippen LogP contribution in [0.2, 0.25) is 0 Å². The summed E-state index contributed by atoms with van der Waals surface area (Å²) in [5.74, 6) is 1.05. The molecule has 2 rings (SSSR count). The number of nitrogens with zero attached hydrogens (tertiary/aromatic N) is 2. The van der Waals surface area contributed by atoms with Crippen molar-refractivity contribution in [2.45, 2.75) is 13.0 Å². The Bertz CT molecular complexity index is 616.